The molecule has 0 aromatic heterocycles. The first-order chi connectivity index (χ1) is 7.94. The lowest BCUT2D eigenvalue weighted by Crippen LogP contribution is -2.59. The predicted octanol–water partition coefficient (Wildman–Crippen LogP) is 3.35. The molecule has 2 fully saturated rings. The zero-order valence-corrected chi connectivity index (χ0v) is 11.8. The normalized spacial score (nSPS) is 37.1. The van der Waals surface area contributed by atoms with Crippen molar-refractivity contribution in [2.75, 3.05) is 13.2 Å². The minimum atomic E-state index is 0.0697. The van der Waals surface area contributed by atoms with Gasteiger partial charge in [-0.2, -0.15) is 0 Å². The van der Waals surface area contributed by atoms with Crippen LogP contribution in [0, 0.1) is 17.3 Å². The van der Waals surface area contributed by atoms with Crippen molar-refractivity contribution in [3.8, 4) is 0 Å². The number of hydrogen-bond acceptors (Lipinski definition) is 2. The van der Waals surface area contributed by atoms with E-state index in [-0.39, 0.29) is 5.54 Å². The van der Waals surface area contributed by atoms with Gasteiger partial charge in [0, 0.05) is 18.8 Å². The molecule has 2 heteroatoms. The van der Waals surface area contributed by atoms with Crippen LogP contribution < -0.4 is 5.73 Å². The van der Waals surface area contributed by atoms with Crippen LogP contribution in [0.2, 0.25) is 0 Å². The summed E-state index contributed by atoms with van der Waals surface area (Å²) < 4.78 is 5.50. The van der Waals surface area contributed by atoms with Crippen molar-refractivity contribution in [1.29, 1.82) is 0 Å². The van der Waals surface area contributed by atoms with Gasteiger partial charge < -0.3 is 10.5 Å². The standard InChI is InChI=1S/C15H29NO/c1-14(2,3)13-6-4-5-9-15(13,16)12-7-10-17-11-8-12/h12-13H,4-11,16H2,1-3H3. The van der Waals surface area contributed by atoms with Crippen molar-refractivity contribution < 1.29 is 4.74 Å². The van der Waals surface area contributed by atoms with E-state index < -0.39 is 0 Å². The molecular weight excluding hydrogens is 210 g/mol. The van der Waals surface area contributed by atoms with E-state index in [1.54, 1.807) is 0 Å². The number of hydrogen-bond donors (Lipinski definition) is 1. The Kier molecular flexibility index (Phi) is 3.84. The maximum absolute atomic E-state index is 6.91. The summed E-state index contributed by atoms with van der Waals surface area (Å²) in [5.41, 5.74) is 7.32. The number of ether oxygens (including phenoxy) is 1. The monoisotopic (exact) mass is 239 g/mol. The number of nitrogens with two attached hydrogens (primary N) is 1. The molecule has 2 aliphatic rings. The van der Waals surface area contributed by atoms with Crippen LogP contribution in [-0.2, 0) is 4.74 Å². The summed E-state index contributed by atoms with van der Waals surface area (Å²) in [6.07, 6.45) is 7.56. The fraction of sp³-hybridized carbons (Fsp3) is 1.00. The van der Waals surface area contributed by atoms with Crippen molar-refractivity contribution in [3.63, 3.8) is 0 Å². The van der Waals surface area contributed by atoms with Crippen molar-refractivity contribution >= 4 is 0 Å². The van der Waals surface area contributed by atoms with Gasteiger partial charge in [-0.25, -0.2) is 0 Å². The summed E-state index contributed by atoms with van der Waals surface area (Å²) in [5, 5.41) is 0. The Balaban J connectivity index is 2.17. The molecule has 0 amide bonds. The molecule has 100 valence electrons. The second kappa shape index (κ2) is 4.89. The molecule has 2 rings (SSSR count). The molecule has 0 spiro atoms. The van der Waals surface area contributed by atoms with E-state index in [2.05, 4.69) is 20.8 Å². The van der Waals surface area contributed by atoms with E-state index in [1.807, 2.05) is 0 Å². The number of rotatable bonds is 1. The van der Waals surface area contributed by atoms with Crippen molar-refractivity contribution in [2.45, 2.75) is 64.8 Å². The molecule has 1 aliphatic heterocycles. The van der Waals surface area contributed by atoms with Gasteiger partial charge >= 0.3 is 0 Å². The molecule has 1 heterocycles. The SMILES string of the molecule is CC(C)(C)C1CCCCC1(N)C1CCOCC1. The third-order valence-electron chi connectivity index (χ3n) is 5.03. The van der Waals surface area contributed by atoms with E-state index in [0.717, 1.165) is 13.2 Å². The molecule has 0 aromatic carbocycles. The first kappa shape index (κ1) is 13.4. The van der Waals surface area contributed by atoms with Crippen LogP contribution in [0.5, 0.6) is 0 Å². The molecule has 1 aliphatic carbocycles. The largest absolute Gasteiger partial charge is 0.381 e. The summed E-state index contributed by atoms with van der Waals surface area (Å²) in [6.45, 7) is 8.93. The highest BCUT2D eigenvalue weighted by Crippen LogP contribution is 2.48. The summed E-state index contributed by atoms with van der Waals surface area (Å²) in [5.74, 6) is 1.35. The molecule has 2 N–H and O–H groups in total. The Morgan fingerprint density at radius 2 is 1.71 bits per heavy atom. The second-order valence-corrected chi connectivity index (χ2v) is 7.16. The van der Waals surface area contributed by atoms with E-state index in [1.165, 1.54) is 38.5 Å². The Morgan fingerprint density at radius 3 is 2.29 bits per heavy atom. The maximum Gasteiger partial charge on any atom is 0.0469 e. The second-order valence-electron chi connectivity index (χ2n) is 7.16. The van der Waals surface area contributed by atoms with Crippen molar-refractivity contribution in [3.05, 3.63) is 0 Å². The third kappa shape index (κ3) is 2.68. The fourth-order valence-corrected chi connectivity index (χ4v) is 4.19. The lowest BCUT2D eigenvalue weighted by atomic mass is 9.57. The molecule has 2 unspecified atom stereocenters. The van der Waals surface area contributed by atoms with Gasteiger partial charge in [0.05, 0.1) is 0 Å². The van der Waals surface area contributed by atoms with Crippen LogP contribution in [-0.4, -0.2) is 18.8 Å². The molecule has 0 bridgehead atoms. The Hall–Kier alpha value is -0.0800. The van der Waals surface area contributed by atoms with Gasteiger partial charge in [-0.1, -0.05) is 33.6 Å². The minimum Gasteiger partial charge on any atom is -0.381 e. The van der Waals surface area contributed by atoms with Gasteiger partial charge in [0.15, 0.2) is 0 Å². The van der Waals surface area contributed by atoms with Crippen molar-refractivity contribution in [2.24, 2.45) is 23.0 Å². The smallest absolute Gasteiger partial charge is 0.0469 e. The lowest BCUT2D eigenvalue weighted by Gasteiger charge is -2.53. The van der Waals surface area contributed by atoms with Crippen LogP contribution in [0.25, 0.3) is 0 Å². The van der Waals surface area contributed by atoms with Crippen LogP contribution in [0.1, 0.15) is 59.3 Å². The molecule has 0 radical (unpaired) electrons. The molecule has 1 saturated heterocycles. The van der Waals surface area contributed by atoms with E-state index in [9.17, 15) is 0 Å². The zero-order chi connectivity index (χ0) is 12.5. The van der Waals surface area contributed by atoms with Crippen LogP contribution in [0.4, 0.5) is 0 Å². The molecular formula is C15H29NO. The first-order valence-corrected chi connectivity index (χ1v) is 7.31. The molecule has 2 nitrogen and oxygen atoms in total. The Bertz CT molecular complexity index is 252. The van der Waals surface area contributed by atoms with Crippen LogP contribution in [0.15, 0.2) is 0 Å². The topological polar surface area (TPSA) is 35.2 Å². The van der Waals surface area contributed by atoms with Gasteiger partial charge in [0.2, 0.25) is 0 Å². The molecule has 2 atom stereocenters. The van der Waals surface area contributed by atoms with E-state index in [4.69, 9.17) is 10.5 Å². The van der Waals surface area contributed by atoms with Gasteiger partial charge in [-0.05, 0) is 42.9 Å². The predicted molar refractivity (Wildman–Crippen MR) is 71.9 cm³/mol. The van der Waals surface area contributed by atoms with Gasteiger partial charge in [0.1, 0.15) is 0 Å². The van der Waals surface area contributed by atoms with Crippen LogP contribution >= 0.6 is 0 Å². The molecule has 0 aromatic rings. The van der Waals surface area contributed by atoms with Gasteiger partial charge in [-0.3, -0.25) is 0 Å². The quantitative estimate of drug-likeness (QED) is 0.761. The maximum atomic E-state index is 6.91. The lowest BCUT2D eigenvalue weighted by molar-refractivity contribution is -0.0208. The summed E-state index contributed by atoms with van der Waals surface area (Å²) in [6, 6.07) is 0. The zero-order valence-electron chi connectivity index (χ0n) is 11.8. The Morgan fingerprint density at radius 1 is 1.06 bits per heavy atom. The van der Waals surface area contributed by atoms with Crippen LogP contribution in [0.3, 0.4) is 0 Å². The first-order valence-electron chi connectivity index (χ1n) is 7.31. The summed E-state index contributed by atoms with van der Waals surface area (Å²) in [7, 11) is 0. The minimum absolute atomic E-state index is 0.0697. The van der Waals surface area contributed by atoms with E-state index >= 15 is 0 Å². The average Bonchev–Trinajstić information content (AvgIpc) is 2.29. The highest BCUT2D eigenvalue weighted by molar-refractivity contribution is 5.03. The van der Waals surface area contributed by atoms with Gasteiger partial charge in [0.25, 0.3) is 0 Å². The van der Waals surface area contributed by atoms with Crippen molar-refractivity contribution in [1.82, 2.24) is 0 Å². The third-order valence-corrected chi connectivity index (χ3v) is 5.03. The fourth-order valence-electron chi connectivity index (χ4n) is 4.19. The molecule has 17 heavy (non-hydrogen) atoms. The summed E-state index contributed by atoms with van der Waals surface area (Å²) in [4.78, 5) is 0. The van der Waals surface area contributed by atoms with Gasteiger partial charge in [-0.15, -0.1) is 0 Å². The molecule has 1 saturated carbocycles. The summed E-state index contributed by atoms with van der Waals surface area (Å²) >= 11 is 0. The Labute approximate surface area is 106 Å². The highest BCUT2D eigenvalue weighted by atomic mass is 16.5. The average molecular weight is 239 g/mol. The highest BCUT2D eigenvalue weighted by Gasteiger charge is 2.47. The van der Waals surface area contributed by atoms with E-state index in [0.29, 0.717) is 17.3 Å².